The van der Waals surface area contributed by atoms with Gasteiger partial charge in [-0.25, -0.2) is 18.4 Å². The first-order valence-electron chi connectivity index (χ1n) is 7.08. The molecule has 0 aliphatic rings. The molecular formula is C13H12BrFN6O4S. The van der Waals surface area contributed by atoms with Gasteiger partial charge in [0.05, 0.1) is 10.2 Å². The normalized spacial score (nSPS) is 13.5. The molecule has 10 nitrogen and oxygen atoms in total. The molecule has 0 aliphatic carbocycles. The third-order valence-corrected chi connectivity index (χ3v) is 4.88. The van der Waals surface area contributed by atoms with E-state index in [4.69, 9.17) is 4.78 Å². The molecule has 0 saturated carbocycles. The minimum absolute atomic E-state index is 0.0479. The molecule has 0 saturated heterocycles. The van der Waals surface area contributed by atoms with Gasteiger partial charge >= 0.3 is 5.76 Å². The van der Waals surface area contributed by atoms with E-state index in [0.717, 1.165) is 10.6 Å². The minimum atomic E-state index is -2.69. The number of nitrogens with one attached hydrogen (secondary N) is 2. The molecule has 0 fully saturated rings. The van der Waals surface area contributed by atoms with Gasteiger partial charge in [0, 0.05) is 28.3 Å². The quantitative estimate of drug-likeness (QED) is 0.584. The fourth-order valence-electron chi connectivity index (χ4n) is 2.07. The summed E-state index contributed by atoms with van der Waals surface area (Å²) in [6, 6.07) is 4.04. The van der Waals surface area contributed by atoms with E-state index in [2.05, 4.69) is 45.9 Å². The second-order valence-corrected chi connectivity index (χ2v) is 8.58. The second kappa shape index (κ2) is 6.99. The van der Waals surface area contributed by atoms with Crippen LogP contribution >= 0.6 is 15.9 Å². The Kier molecular flexibility index (Phi) is 4.91. The van der Waals surface area contributed by atoms with Crippen LogP contribution in [0.5, 0.6) is 0 Å². The number of nitrogens with zero attached hydrogens (tertiary/aromatic N) is 4. The molecule has 0 bridgehead atoms. The first-order valence-corrected chi connectivity index (χ1v) is 10.0. The van der Waals surface area contributed by atoms with Gasteiger partial charge in [-0.1, -0.05) is 5.16 Å². The van der Waals surface area contributed by atoms with E-state index >= 15 is 0 Å². The summed E-state index contributed by atoms with van der Waals surface area (Å²) in [7, 11) is -2.69. The minimum Gasteiger partial charge on any atom is -0.364 e. The number of aromatic nitrogens is 4. The van der Waals surface area contributed by atoms with Gasteiger partial charge in [-0.3, -0.25) is 13.5 Å². The summed E-state index contributed by atoms with van der Waals surface area (Å²) >= 11 is 3.04. The Morgan fingerprint density at radius 1 is 1.38 bits per heavy atom. The maximum atomic E-state index is 13.8. The lowest BCUT2D eigenvalue weighted by Gasteiger charge is -2.06. The van der Waals surface area contributed by atoms with Crippen molar-refractivity contribution in [3.63, 3.8) is 0 Å². The molecule has 1 unspecified atom stereocenters. The standard InChI is InChI=1S/C13H12BrFN6O4S/c1-26(16,23)5-4-17-11-10(18-25-19-11)12-20-24-13(22)21(12)7-2-3-8(14)9(15)6-7/h2-3,6,16H,4-5H2,1H3,(H,17,19). The molecule has 2 N–H and O–H groups in total. The fraction of sp³-hybridized carbons (Fsp3) is 0.231. The van der Waals surface area contributed by atoms with Crippen molar-refractivity contribution in [2.75, 3.05) is 23.9 Å². The van der Waals surface area contributed by atoms with Gasteiger partial charge in [0.25, 0.3) is 0 Å². The van der Waals surface area contributed by atoms with Crippen LogP contribution < -0.4 is 11.1 Å². The molecule has 3 aromatic rings. The second-order valence-electron chi connectivity index (χ2n) is 5.30. The van der Waals surface area contributed by atoms with Crippen molar-refractivity contribution >= 4 is 31.5 Å². The van der Waals surface area contributed by atoms with Crippen LogP contribution in [0.2, 0.25) is 0 Å². The SMILES string of the molecule is CS(=N)(=O)CCNc1nonc1-c1noc(=O)n1-c1ccc(Br)c(F)c1. The number of benzene rings is 1. The van der Waals surface area contributed by atoms with Crippen LogP contribution in [0.3, 0.4) is 0 Å². The van der Waals surface area contributed by atoms with E-state index in [1.165, 1.54) is 18.4 Å². The van der Waals surface area contributed by atoms with Crippen LogP contribution in [0.25, 0.3) is 17.2 Å². The van der Waals surface area contributed by atoms with Crippen molar-refractivity contribution < 1.29 is 17.8 Å². The summed E-state index contributed by atoms with van der Waals surface area (Å²) in [5.41, 5.74) is 0.218. The lowest BCUT2D eigenvalue weighted by atomic mass is 10.3. The van der Waals surface area contributed by atoms with Gasteiger partial charge in [0.15, 0.2) is 5.69 Å². The van der Waals surface area contributed by atoms with Gasteiger partial charge in [0.1, 0.15) is 5.82 Å². The van der Waals surface area contributed by atoms with Crippen molar-refractivity contribution in [1.29, 1.82) is 4.78 Å². The third-order valence-electron chi connectivity index (χ3n) is 3.25. The van der Waals surface area contributed by atoms with Crippen LogP contribution in [0.15, 0.2) is 36.6 Å². The summed E-state index contributed by atoms with van der Waals surface area (Å²) in [5.74, 6) is -1.29. The number of anilines is 1. The van der Waals surface area contributed by atoms with Crippen molar-refractivity contribution in [3.05, 3.63) is 39.0 Å². The summed E-state index contributed by atoms with van der Waals surface area (Å²) in [5, 5.41) is 13.8. The summed E-state index contributed by atoms with van der Waals surface area (Å²) in [4.78, 5) is 12.0. The zero-order valence-electron chi connectivity index (χ0n) is 13.2. The van der Waals surface area contributed by atoms with Crippen LogP contribution in [0.4, 0.5) is 10.2 Å². The van der Waals surface area contributed by atoms with E-state index in [-0.39, 0.29) is 39.8 Å². The van der Waals surface area contributed by atoms with E-state index < -0.39 is 21.3 Å². The number of halogens is 2. The molecule has 26 heavy (non-hydrogen) atoms. The van der Waals surface area contributed by atoms with Gasteiger partial charge in [0.2, 0.25) is 11.6 Å². The maximum absolute atomic E-state index is 13.8. The average molecular weight is 447 g/mol. The lowest BCUT2D eigenvalue weighted by molar-refractivity contribution is 0.309. The topological polar surface area (TPSA) is 140 Å². The zero-order chi connectivity index (χ0) is 18.9. The van der Waals surface area contributed by atoms with Gasteiger partial charge in [-0.15, -0.1) is 0 Å². The molecule has 2 heterocycles. The number of hydrogen-bond donors (Lipinski definition) is 2. The maximum Gasteiger partial charge on any atom is 0.446 e. The van der Waals surface area contributed by atoms with Crippen molar-refractivity contribution in [2.45, 2.75) is 0 Å². The predicted molar refractivity (Wildman–Crippen MR) is 93.2 cm³/mol. The molecule has 3 rings (SSSR count). The monoisotopic (exact) mass is 446 g/mol. The zero-order valence-corrected chi connectivity index (χ0v) is 15.6. The first kappa shape index (κ1) is 18.3. The molecule has 0 radical (unpaired) electrons. The molecule has 1 atom stereocenters. The largest absolute Gasteiger partial charge is 0.446 e. The summed E-state index contributed by atoms with van der Waals surface area (Å²) < 4.78 is 43.2. The van der Waals surface area contributed by atoms with Crippen LogP contribution in [-0.4, -0.2) is 42.8 Å². The predicted octanol–water partition coefficient (Wildman–Crippen LogP) is 1.87. The van der Waals surface area contributed by atoms with Crippen molar-refractivity contribution in [2.24, 2.45) is 0 Å². The highest BCUT2D eigenvalue weighted by Crippen LogP contribution is 2.25. The molecule has 0 spiro atoms. The lowest BCUT2D eigenvalue weighted by Crippen LogP contribution is -2.16. The van der Waals surface area contributed by atoms with E-state index in [1.54, 1.807) is 0 Å². The molecule has 2 aromatic heterocycles. The fourth-order valence-corrected chi connectivity index (χ4v) is 2.81. The molecule has 1 aromatic carbocycles. The molecular weight excluding hydrogens is 435 g/mol. The summed E-state index contributed by atoms with van der Waals surface area (Å²) in [6.07, 6.45) is 1.31. The Morgan fingerprint density at radius 2 is 2.15 bits per heavy atom. The first-order chi connectivity index (χ1) is 12.3. The van der Waals surface area contributed by atoms with Gasteiger partial charge in [-0.2, -0.15) is 0 Å². The van der Waals surface area contributed by atoms with Crippen molar-refractivity contribution in [1.82, 2.24) is 20.0 Å². The highest BCUT2D eigenvalue weighted by atomic mass is 79.9. The smallest absolute Gasteiger partial charge is 0.364 e. The number of rotatable bonds is 6. The van der Waals surface area contributed by atoms with Crippen LogP contribution in [0, 0.1) is 10.6 Å². The Morgan fingerprint density at radius 3 is 2.85 bits per heavy atom. The Bertz CT molecular complexity index is 1110. The van der Waals surface area contributed by atoms with E-state index in [9.17, 15) is 13.4 Å². The Hall–Kier alpha value is -2.54. The Labute approximate surface area is 154 Å². The highest BCUT2D eigenvalue weighted by molar-refractivity contribution is 9.10. The van der Waals surface area contributed by atoms with Gasteiger partial charge in [-0.05, 0) is 44.4 Å². The molecule has 0 amide bonds. The molecule has 0 aliphatic heterocycles. The van der Waals surface area contributed by atoms with E-state index in [0.29, 0.717) is 0 Å². The van der Waals surface area contributed by atoms with Crippen LogP contribution in [0.1, 0.15) is 0 Å². The third kappa shape index (κ3) is 3.83. The molecule has 13 heteroatoms. The highest BCUT2D eigenvalue weighted by Gasteiger charge is 2.23. The van der Waals surface area contributed by atoms with Crippen LogP contribution in [-0.2, 0) is 9.73 Å². The summed E-state index contributed by atoms with van der Waals surface area (Å²) in [6.45, 7) is 0.162. The number of hydrogen-bond acceptors (Lipinski definition) is 9. The molecule has 138 valence electrons. The van der Waals surface area contributed by atoms with Gasteiger partial charge < -0.3 is 5.32 Å². The van der Waals surface area contributed by atoms with Crippen molar-refractivity contribution in [3.8, 4) is 17.2 Å². The van der Waals surface area contributed by atoms with E-state index in [1.807, 2.05) is 0 Å². The Balaban J connectivity index is 1.98. The average Bonchev–Trinajstić information content (AvgIpc) is 3.15.